The van der Waals surface area contributed by atoms with Crippen molar-refractivity contribution in [1.82, 2.24) is 19.9 Å². The molecule has 226 valence electrons. The molecule has 4 unspecified atom stereocenters. The van der Waals surface area contributed by atoms with Crippen molar-refractivity contribution in [2.45, 2.75) is 75.0 Å². The zero-order valence-electron chi connectivity index (χ0n) is 24.1. The van der Waals surface area contributed by atoms with Gasteiger partial charge in [0.05, 0.1) is 24.4 Å². The van der Waals surface area contributed by atoms with Crippen LogP contribution in [0.2, 0.25) is 0 Å². The van der Waals surface area contributed by atoms with Gasteiger partial charge in [0.15, 0.2) is 0 Å². The van der Waals surface area contributed by atoms with Crippen LogP contribution >= 0.6 is 0 Å². The van der Waals surface area contributed by atoms with Crippen LogP contribution in [-0.4, -0.2) is 78.4 Å². The zero-order chi connectivity index (χ0) is 30.4. The van der Waals surface area contributed by atoms with Crippen LogP contribution < -0.4 is 19.5 Å². The third kappa shape index (κ3) is 6.01. The van der Waals surface area contributed by atoms with E-state index in [9.17, 15) is 22.8 Å². The molecule has 0 bridgehead atoms. The lowest BCUT2D eigenvalue weighted by Crippen LogP contribution is -2.56. The summed E-state index contributed by atoms with van der Waals surface area (Å²) in [5.41, 5.74) is -1.64. The van der Waals surface area contributed by atoms with E-state index in [0.29, 0.717) is 29.9 Å². The molecule has 3 amide bonds. The van der Waals surface area contributed by atoms with Gasteiger partial charge in [-0.1, -0.05) is 6.08 Å². The Balaban J connectivity index is 1.37. The van der Waals surface area contributed by atoms with Gasteiger partial charge in [-0.15, -0.1) is 6.58 Å². The molecule has 3 fully saturated rings. The monoisotopic (exact) mass is 600 g/mol. The van der Waals surface area contributed by atoms with Crippen molar-refractivity contribution in [2.24, 2.45) is 5.92 Å². The second-order valence-electron chi connectivity index (χ2n) is 12.0. The first-order valence-corrected chi connectivity index (χ1v) is 15.4. The summed E-state index contributed by atoms with van der Waals surface area (Å²) in [5.74, 6) is -0.713. The Morgan fingerprint density at radius 1 is 1.19 bits per heavy atom. The molecule has 2 aliphatic carbocycles. The number of aromatic nitrogens is 1. The van der Waals surface area contributed by atoms with E-state index in [4.69, 9.17) is 14.2 Å². The van der Waals surface area contributed by atoms with E-state index >= 15 is 0 Å². The quantitative estimate of drug-likeness (QED) is 0.414. The van der Waals surface area contributed by atoms with Gasteiger partial charge in [-0.2, -0.15) is 0 Å². The number of benzene rings is 1. The van der Waals surface area contributed by atoms with Crippen LogP contribution in [0.1, 0.15) is 46.5 Å². The molecular weight excluding hydrogens is 564 g/mol. The highest BCUT2D eigenvalue weighted by Crippen LogP contribution is 2.45. The lowest BCUT2D eigenvalue weighted by atomic mass is 10.1. The number of carbonyl (C=O) groups is 3. The van der Waals surface area contributed by atoms with Gasteiger partial charge in [-0.3, -0.25) is 24.2 Å². The Morgan fingerprint density at radius 2 is 1.93 bits per heavy atom. The fourth-order valence-corrected chi connectivity index (χ4v) is 6.55. The summed E-state index contributed by atoms with van der Waals surface area (Å²) in [7, 11) is -2.26. The number of methoxy groups -OCH3 is 1. The predicted octanol–water partition coefficient (Wildman–Crippen LogP) is 2.67. The van der Waals surface area contributed by atoms with Crippen molar-refractivity contribution >= 4 is 38.8 Å². The van der Waals surface area contributed by atoms with Gasteiger partial charge in [-0.05, 0) is 58.2 Å². The van der Waals surface area contributed by atoms with Crippen molar-refractivity contribution < 1.29 is 37.0 Å². The number of hydrogen-bond acceptors (Lipinski definition) is 9. The molecule has 2 aromatic rings. The number of pyridine rings is 1. The molecule has 1 aliphatic heterocycles. The van der Waals surface area contributed by atoms with Gasteiger partial charge >= 0.3 is 6.09 Å². The van der Waals surface area contributed by atoms with Crippen LogP contribution in [0.3, 0.4) is 0 Å². The first kappa shape index (κ1) is 29.6. The second kappa shape index (κ2) is 10.8. The van der Waals surface area contributed by atoms with Gasteiger partial charge < -0.3 is 19.5 Å². The normalized spacial score (nSPS) is 25.4. The fourth-order valence-electron chi connectivity index (χ4n) is 5.18. The Kier molecular flexibility index (Phi) is 7.58. The van der Waals surface area contributed by atoms with Gasteiger partial charge in [0.2, 0.25) is 15.9 Å². The maximum Gasteiger partial charge on any atom is 0.411 e. The topological polar surface area (TPSA) is 153 Å². The maximum absolute atomic E-state index is 13.7. The smallest absolute Gasteiger partial charge is 0.411 e. The predicted molar refractivity (Wildman–Crippen MR) is 153 cm³/mol. The third-order valence-corrected chi connectivity index (χ3v) is 9.46. The summed E-state index contributed by atoms with van der Waals surface area (Å²) in [6.07, 6.45) is 3.10. The van der Waals surface area contributed by atoms with Gasteiger partial charge in [0.25, 0.3) is 5.91 Å². The summed E-state index contributed by atoms with van der Waals surface area (Å²) in [5, 5.41) is 2.88. The van der Waals surface area contributed by atoms with E-state index in [2.05, 4.69) is 21.6 Å². The molecule has 3 aliphatic rings. The van der Waals surface area contributed by atoms with Crippen LogP contribution in [0, 0.1) is 5.92 Å². The standard InChI is InChI=1S/C29H36N4O8S/c1-6-17-15-29(17,26(35)32-42(37,38)20-8-9-20)31-25(34)23-14-19(16-33(23)27(36)41-28(2,3)4)40-24-11-12-30-22-13-18(39-5)7-10-21(22)24/h6-7,10-13,17,19-20,23H,1,8-9,14-16H2,2-5H3,(H,31,34)(H,32,35). The molecule has 12 nitrogen and oxygen atoms in total. The molecule has 0 radical (unpaired) electrons. The van der Waals surface area contributed by atoms with Crippen LogP contribution in [0.5, 0.6) is 11.5 Å². The number of sulfonamides is 1. The molecule has 1 saturated heterocycles. The van der Waals surface area contributed by atoms with Crippen molar-refractivity contribution in [3.8, 4) is 11.5 Å². The Hall–Kier alpha value is -3.87. The lowest BCUT2D eigenvalue weighted by Gasteiger charge is -2.29. The summed E-state index contributed by atoms with van der Waals surface area (Å²) >= 11 is 0. The molecule has 1 aromatic heterocycles. The van der Waals surface area contributed by atoms with Crippen LogP contribution in [-0.2, 0) is 24.3 Å². The number of fused-ring (bicyclic) bond motifs is 1. The highest BCUT2D eigenvalue weighted by molar-refractivity contribution is 7.91. The fraction of sp³-hybridized carbons (Fsp3) is 0.517. The summed E-state index contributed by atoms with van der Waals surface area (Å²) in [4.78, 5) is 45.8. The zero-order valence-corrected chi connectivity index (χ0v) is 24.9. The number of carbonyl (C=O) groups excluding carboxylic acids is 3. The van der Waals surface area contributed by atoms with Gasteiger partial charge in [0.1, 0.15) is 34.8 Å². The highest BCUT2D eigenvalue weighted by Gasteiger charge is 2.62. The Labute approximate surface area is 244 Å². The van der Waals surface area contributed by atoms with Crippen molar-refractivity contribution in [3.63, 3.8) is 0 Å². The number of ether oxygens (including phenoxy) is 3. The molecule has 4 atom stereocenters. The van der Waals surface area contributed by atoms with E-state index in [-0.39, 0.29) is 19.4 Å². The van der Waals surface area contributed by atoms with Crippen molar-refractivity contribution in [1.29, 1.82) is 0 Å². The summed E-state index contributed by atoms with van der Waals surface area (Å²) in [6, 6.07) is 6.06. The largest absolute Gasteiger partial charge is 0.497 e. The Bertz CT molecular complexity index is 1530. The number of likely N-dealkylation sites (tertiary alicyclic amines) is 1. The van der Waals surface area contributed by atoms with E-state index in [1.165, 1.54) is 11.0 Å². The van der Waals surface area contributed by atoms with E-state index in [1.807, 2.05) is 6.07 Å². The maximum atomic E-state index is 13.7. The Morgan fingerprint density at radius 3 is 2.55 bits per heavy atom. The lowest BCUT2D eigenvalue weighted by molar-refractivity contribution is -0.131. The molecule has 0 spiro atoms. The van der Waals surface area contributed by atoms with Crippen LogP contribution in [0.15, 0.2) is 43.1 Å². The average Bonchev–Trinajstić information content (AvgIpc) is 3.84. The van der Waals surface area contributed by atoms with Gasteiger partial charge in [0, 0.05) is 30.0 Å². The molecule has 5 rings (SSSR count). The van der Waals surface area contributed by atoms with E-state index in [1.54, 1.807) is 52.3 Å². The first-order chi connectivity index (χ1) is 19.8. The SMILES string of the molecule is C=CC1CC1(NC(=O)C1CC(Oc2ccnc3cc(OC)ccc23)CN1C(=O)OC(C)(C)C)C(=O)NS(=O)(=O)C1CC1. The molecule has 2 saturated carbocycles. The van der Waals surface area contributed by atoms with Crippen LogP contribution in [0.25, 0.3) is 10.9 Å². The average molecular weight is 601 g/mol. The molecule has 1 aromatic carbocycles. The molecule has 2 N–H and O–H groups in total. The minimum absolute atomic E-state index is 0.0487. The minimum atomic E-state index is -3.83. The summed E-state index contributed by atoms with van der Waals surface area (Å²) < 4.78 is 44.2. The number of hydrogen-bond donors (Lipinski definition) is 2. The number of nitrogens with zero attached hydrogens (tertiary/aromatic N) is 2. The van der Waals surface area contributed by atoms with Crippen molar-refractivity contribution in [2.75, 3.05) is 13.7 Å². The molecule has 13 heteroatoms. The number of nitrogens with one attached hydrogen (secondary N) is 2. The molecule has 42 heavy (non-hydrogen) atoms. The molecule has 2 heterocycles. The third-order valence-electron chi connectivity index (χ3n) is 7.65. The first-order valence-electron chi connectivity index (χ1n) is 13.9. The number of amides is 3. The second-order valence-corrected chi connectivity index (χ2v) is 14.0. The highest BCUT2D eigenvalue weighted by atomic mass is 32.2. The minimum Gasteiger partial charge on any atom is -0.497 e. The number of rotatable bonds is 9. The van der Waals surface area contributed by atoms with E-state index in [0.717, 1.165) is 5.39 Å². The summed E-state index contributed by atoms with van der Waals surface area (Å²) in [6.45, 7) is 8.94. The van der Waals surface area contributed by atoms with Crippen LogP contribution in [0.4, 0.5) is 4.79 Å². The molecular formula is C29H36N4O8S. The van der Waals surface area contributed by atoms with E-state index < -0.39 is 62.4 Å². The van der Waals surface area contributed by atoms with Crippen molar-refractivity contribution in [3.05, 3.63) is 43.1 Å². The van der Waals surface area contributed by atoms with Gasteiger partial charge in [-0.25, -0.2) is 13.2 Å².